The van der Waals surface area contributed by atoms with Crippen molar-refractivity contribution >= 4 is 11.9 Å². The lowest BCUT2D eigenvalue weighted by Crippen LogP contribution is -1.95. The number of nitro benzene ring substituents is 1. The van der Waals surface area contributed by atoms with Crippen LogP contribution in [0.25, 0.3) is 16.9 Å². The molecule has 0 spiro atoms. The third-order valence-corrected chi connectivity index (χ3v) is 3.31. The Balaban J connectivity index is 2.05. The van der Waals surface area contributed by atoms with Crippen LogP contribution in [-0.4, -0.2) is 26.1 Å². The zero-order chi connectivity index (χ0) is 16.2. The number of benzene rings is 2. The summed E-state index contributed by atoms with van der Waals surface area (Å²) in [6.07, 6.45) is 3.00. The van der Waals surface area contributed by atoms with Crippen molar-refractivity contribution in [3.05, 3.63) is 76.5 Å². The predicted octanol–water partition coefficient (Wildman–Crippen LogP) is 3.26. The zero-order valence-corrected chi connectivity index (χ0v) is 11.9. The van der Waals surface area contributed by atoms with Gasteiger partial charge in [0.15, 0.2) is 0 Å². The third kappa shape index (κ3) is 2.93. The number of nitro groups is 1. The van der Waals surface area contributed by atoms with Crippen LogP contribution in [0.15, 0.2) is 65.9 Å². The number of aromatic nitrogens is 2. The molecule has 114 valence electrons. The van der Waals surface area contributed by atoms with Crippen molar-refractivity contribution in [3.8, 4) is 16.9 Å². The molecule has 0 radical (unpaired) electrons. The number of nitrogens with zero attached hydrogens (tertiary/aromatic N) is 4. The van der Waals surface area contributed by atoms with Gasteiger partial charge in [-0.25, -0.2) is 4.68 Å². The van der Waals surface area contributed by atoms with Gasteiger partial charge in [0.05, 0.1) is 16.8 Å². The highest BCUT2D eigenvalue weighted by Gasteiger charge is 2.12. The van der Waals surface area contributed by atoms with Gasteiger partial charge >= 0.3 is 0 Å². The Hall–Kier alpha value is -3.48. The summed E-state index contributed by atoms with van der Waals surface area (Å²) in [7, 11) is 0. The highest BCUT2D eigenvalue weighted by Crippen LogP contribution is 2.23. The Morgan fingerprint density at radius 2 is 1.83 bits per heavy atom. The van der Waals surface area contributed by atoms with E-state index in [9.17, 15) is 10.1 Å². The van der Waals surface area contributed by atoms with Gasteiger partial charge in [-0.15, -0.1) is 0 Å². The SMILES string of the molecule is O=[N+]([O-])c1ccc(-n2cc(/C=N/O)c(-c3ccccc3)n2)cc1. The molecule has 0 fully saturated rings. The van der Waals surface area contributed by atoms with Crippen LogP contribution in [0.4, 0.5) is 5.69 Å². The summed E-state index contributed by atoms with van der Waals surface area (Å²) in [4.78, 5) is 10.3. The first-order chi connectivity index (χ1) is 11.2. The second-order valence-electron chi connectivity index (χ2n) is 4.76. The van der Waals surface area contributed by atoms with Crippen molar-refractivity contribution in [2.24, 2.45) is 5.16 Å². The Kier molecular flexibility index (Phi) is 3.84. The van der Waals surface area contributed by atoms with E-state index in [1.807, 2.05) is 30.3 Å². The molecule has 0 saturated heterocycles. The summed E-state index contributed by atoms with van der Waals surface area (Å²) in [6, 6.07) is 15.5. The van der Waals surface area contributed by atoms with Crippen molar-refractivity contribution in [2.75, 3.05) is 0 Å². The summed E-state index contributed by atoms with van der Waals surface area (Å²) < 4.78 is 1.59. The van der Waals surface area contributed by atoms with Gasteiger partial charge in [0.2, 0.25) is 0 Å². The van der Waals surface area contributed by atoms with Gasteiger partial charge in [-0.05, 0) is 12.1 Å². The molecule has 2 aromatic carbocycles. The van der Waals surface area contributed by atoms with E-state index >= 15 is 0 Å². The zero-order valence-electron chi connectivity index (χ0n) is 11.9. The fraction of sp³-hybridized carbons (Fsp3) is 0. The maximum absolute atomic E-state index is 10.7. The van der Waals surface area contributed by atoms with E-state index in [0.29, 0.717) is 16.9 Å². The molecular formula is C16H12N4O3. The van der Waals surface area contributed by atoms with E-state index in [-0.39, 0.29) is 5.69 Å². The molecule has 0 aliphatic heterocycles. The summed E-state index contributed by atoms with van der Waals surface area (Å²) >= 11 is 0. The molecular weight excluding hydrogens is 296 g/mol. The molecule has 0 atom stereocenters. The van der Waals surface area contributed by atoms with Gasteiger partial charge in [-0.1, -0.05) is 35.5 Å². The van der Waals surface area contributed by atoms with Crippen LogP contribution in [-0.2, 0) is 0 Å². The maximum Gasteiger partial charge on any atom is 0.269 e. The van der Waals surface area contributed by atoms with Crippen LogP contribution >= 0.6 is 0 Å². The fourth-order valence-corrected chi connectivity index (χ4v) is 2.22. The van der Waals surface area contributed by atoms with E-state index in [0.717, 1.165) is 5.56 Å². The normalized spacial score (nSPS) is 11.0. The number of hydrogen-bond donors (Lipinski definition) is 1. The monoisotopic (exact) mass is 308 g/mol. The molecule has 3 rings (SSSR count). The molecule has 0 aliphatic carbocycles. The lowest BCUT2D eigenvalue weighted by molar-refractivity contribution is -0.384. The molecule has 1 N–H and O–H groups in total. The highest BCUT2D eigenvalue weighted by molar-refractivity contribution is 5.88. The maximum atomic E-state index is 10.7. The third-order valence-electron chi connectivity index (χ3n) is 3.31. The minimum atomic E-state index is -0.452. The van der Waals surface area contributed by atoms with Crippen LogP contribution in [0.1, 0.15) is 5.56 Å². The van der Waals surface area contributed by atoms with Crippen LogP contribution in [0.5, 0.6) is 0 Å². The van der Waals surface area contributed by atoms with Crippen LogP contribution in [0, 0.1) is 10.1 Å². The number of rotatable bonds is 4. The van der Waals surface area contributed by atoms with Crippen LogP contribution < -0.4 is 0 Å². The van der Waals surface area contributed by atoms with Gasteiger partial charge in [0.1, 0.15) is 5.69 Å². The predicted molar refractivity (Wildman–Crippen MR) is 85.0 cm³/mol. The number of oxime groups is 1. The first-order valence-corrected chi connectivity index (χ1v) is 6.76. The smallest absolute Gasteiger partial charge is 0.269 e. The van der Waals surface area contributed by atoms with Gasteiger partial charge in [-0.3, -0.25) is 10.1 Å². The molecule has 7 heteroatoms. The van der Waals surface area contributed by atoms with Crippen LogP contribution in [0.3, 0.4) is 0 Å². The summed E-state index contributed by atoms with van der Waals surface area (Å²) in [5.74, 6) is 0. The summed E-state index contributed by atoms with van der Waals surface area (Å²) in [6.45, 7) is 0. The van der Waals surface area contributed by atoms with Crippen molar-refractivity contribution in [2.45, 2.75) is 0 Å². The Bertz CT molecular complexity index is 855. The Labute approximate surface area is 131 Å². The van der Waals surface area contributed by atoms with Crippen LogP contribution in [0.2, 0.25) is 0 Å². The lowest BCUT2D eigenvalue weighted by atomic mass is 10.1. The second kappa shape index (κ2) is 6.10. The van der Waals surface area contributed by atoms with Gasteiger partial charge < -0.3 is 5.21 Å². The van der Waals surface area contributed by atoms with Gasteiger partial charge in [-0.2, -0.15) is 5.10 Å². The lowest BCUT2D eigenvalue weighted by Gasteiger charge is -2.00. The number of hydrogen-bond acceptors (Lipinski definition) is 5. The van der Waals surface area contributed by atoms with E-state index < -0.39 is 4.92 Å². The number of non-ortho nitro benzene ring substituents is 1. The van der Waals surface area contributed by atoms with E-state index in [2.05, 4.69) is 10.3 Å². The molecule has 0 saturated carbocycles. The van der Waals surface area contributed by atoms with Gasteiger partial charge in [0, 0.05) is 29.5 Å². The average molecular weight is 308 g/mol. The molecule has 1 aromatic heterocycles. The molecule has 23 heavy (non-hydrogen) atoms. The second-order valence-corrected chi connectivity index (χ2v) is 4.76. The molecule has 0 amide bonds. The van der Waals surface area contributed by atoms with E-state index in [1.165, 1.54) is 18.3 Å². The first-order valence-electron chi connectivity index (χ1n) is 6.76. The standard InChI is InChI=1S/C16H12N4O3/c21-17-10-13-11-19(14-6-8-15(9-7-14)20(22)23)18-16(13)12-4-2-1-3-5-12/h1-11,21H/b17-10+. The molecule has 0 aliphatic rings. The van der Waals surface area contributed by atoms with Crippen molar-refractivity contribution in [1.29, 1.82) is 0 Å². The molecule has 1 heterocycles. The molecule has 3 aromatic rings. The minimum absolute atomic E-state index is 0.0151. The summed E-state index contributed by atoms with van der Waals surface area (Å²) in [5, 5.41) is 27.1. The minimum Gasteiger partial charge on any atom is -0.411 e. The topological polar surface area (TPSA) is 93.5 Å². The van der Waals surface area contributed by atoms with Gasteiger partial charge in [0.25, 0.3) is 5.69 Å². The average Bonchev–Trinajstić information content (AvgIpc) is 3.00. The van der Waals surface area contributed by atoms with Crippen molar-refractivity contribution in [3.63, 3.8) is 0 Å². The Morgan fingerprint density at radius 1 is 1.13 bits per heavy atom. The first kappa shape index (κ1) is 14.5. The van der Waals surface area contributed by atoms with E-state index in [4.69, 9.17) is 5.21 Å². The van der Waals surface area contributed by atoms with Crippen molar-refractivity contribution in [1.82, 2.24) is 9.78 Å². The van der Waals surface area contributed by atoms with E-state index in [1.54, 1.807) is 23.0 Å². The fourth-order valence-electron chi connectivity index (χ4n) is 2.22. The van der Waals surface area contributed by atoms with Crippen molar-refractivity contribution < 1.29 is 10.1 Å². The highest BCUT2D eigenvalue weighted by atomic mass is 16.6. The molecule has 7 nitrogen and oxygen atoms in total. The largest absolute Gasteiger partial charge is 0.411 e. The Morgan fingerprint density at radius 3 is 2.43 bits per heavy atom. The molecule has 0 bridgehead atoms. The molecule has 0 unspecified atom stereocenters. The summed E-state index contributed by atoms with van der Waals surface area (Å²) in [5.41, 5.74) is 2.86. The quantitative estimate of drug-likeness (QED) is 0.346.